The highest BCUT2D eigenvalue weighted by molar-refractivity contribution is 6.08. The molecule has 2 radical (unpaired) electrons. The van der Waals surface area contributed by atoms with Gasteiger partial charge in [0, 0.05) is 0 Å². The summed E-state index contributed by atoms with van der Waals surface area (Å²) in [5.74, 6) is -0.912. The van der Waals surface area contributed by atoms with E-state index in [1.165, 1.54) is 0 Å². The molecule has 0 aliphatic heterocycles. The van der Waals surface area contributed by atoms with Crippen molar-refractivity contribution >= 4 is 7.85 Å². The molecule has 0 fully saturated rings. The number of alkyl halides is 3. The summed E-state index contributed by atoms with van der Waals surface area (Å²) in [7, 11) is 5.07. The average molecular weight is 188 g/mol. The van der Waals surface area contributed by atoms with Crippen LogP contribution in [0.2, 0.25) is 0 Å². The molecule has 68 valence electrons. The van der Waals surface area contributed by atoms with Crippen LogP contribution in [-0.2, 0) is 12.5 Å². The lowest BCUT2D eigenvalue weighted by Gasteiger charge is -2.11. The van der Waals surface area contributed by atoms with E-state index in [0.29, 0.717) is 6.07 Å². The standard InChI is InChI=1S/C8H5BF4/c9-4-5-1-2-6(10)3-7(5)8(11,12)13/h1-3H,4H2. The maximum Gasteiger partial charge on any atom is 0.416 e. The van der Waals surface area contributed by atoms with Crippen LogP contribution in [0, 0.1) is 5.82 Å². The molecule has 0 aliphatic rings. The summed E-state index contributed by atoms with van der Waals surface area (Å²) in [4.78, 5) is 0. The molecule has 0 bridgehead atoms. The van der Waals surface area contributed by atoms with Crippen LogP contribution in [0.15, 0.2) is 18.2 Å². The number of hydrogen-bond donors (Lipinski definition) is 0. The largest absolute Gasteiger partial charge is 0.416 e. The second-order valence-electron chi connectivity index (χ2n) is 2.50. The van der Waals surface area contributed by atoms with E-state index in [4.69, 9.17) is 7.85 Å². The van der Waals surface area contributed by atoms with Gasteiger partial charge in [-0.25, -0.2) is 4.39 Å². The van der Waals surface area contributed by atoms with Crippen LogP contribution < -0.4 is 0 Å². The average Bonchev–Trinajstić information content (AvgIpc) is 2.03. The fraction of sp³-hybridized carbons (Fsp3) is 0.250. The second-order valence-corrected chi connectivity index (χ2v) is 2.50. The third-order valence-corrected chi connectivity index (χ3v) is 1.60. The highest BCUT2D eigenvalue weighted by atomic mass is 19.4. The lowest BCUT2D eigenvalue weighted by molar-refractivity contribution is -0.138. The van der Waals surface area contributed by atoms with Crippen LogP contribution in [0.1, 0.15) is 11.1 Å². The molecule has 0 aliphatic carbocycles. The molecule has 0 nitrogen and oxygen atoms in total. The number of hydrogen-bond acceptors (Lipinski definition) is 0. The third-order valence-electron chi connectivity index (χ3n) is 1.60. The molecule has 0 spiro atoms. The van der Waals surface area contributed by atoms with Crippen molar-refractivity contribution < 1.29 is 17.6 Å². The van der Waals surface area contributed by atoms with E-state index in [1.807, 2.05) is 0 Å². The summed E-state index contributed by atoms with van der Waals surface area (Å²) in [5.41, 5.74) is -1.11. The molecule has 0 N–H and O–H groups in total. The Morgan fingerprint density at radius 2 is 1.85 bits per heavy atom. The summed E-state index contributed by atoms with van der Waals surface area (Å²) in [6.07, 6.45) is -4.80. The van der Waals surface area contributed by atoms with E-state index in [1.54, 1.807) is 0 Å². The Labute approximate surface area is 74.0 Å². The smallest absolute Gasteiger partial charge is 0.207 e. The maximum absolute atomic E-state index is 12.5. The predicted octanol–water partition coefficient (Wildman–Crippen LogP) is 2.51. The lowest BCUT2D eigenvalue weighted by atomic mass is 9.93. The van der Waals surface area contributed by atoms with Gasteiger partial charge in [-0.05, 0) is 17.7 Å². The second kappa shape index (κ2) is 3.40. The quantitative estimate of drug-likeness (QED) is 0.469. The summed E-state index contributed by atoms with van der Waals surface area (Å²) >= 11 is 0. The van der Waals surface area contributed by atoms with Crippen molar-refractivity contribution in [2.45, 2.75) is 12.5 Å². The molecule has 5 heteroatoms. The first kappa shape index (κ1) is 10.1. The Morgan fingerprint density at radius 1 is 1.23 bits per heavy atom. The first-order valence-corrected chi connectivity index (χ1v) is 3.51. The normalized spacial score (nSPS) is 11.7. The first-order chi connectivity index (χ1) is 5.95. The maximum atomic E-state index is 12.5. The molecule has 1 aromatic carbocycles. The Bertz CT molecular complexity index is 306. The zero-order valence-corrected chi connectivity index (χ0v) is 6.53. The van der Waals surface area contributed by atoms with Gasteiger partial charge in [-0.1, -0.05) is 12.4 Å². The molecule has 0 saturated heterocycles. The van der Waals surface area contributed by atoms with Crippen molar-refractivity contribution in [2.75, 3.05) is 0 Å². The van der Waals surface area contributed by atoms with Gasteiger partial charge < -0.3 is 0 Å². The SMILES string of the molecule is [B]Cc1ccc(F)cc1C(F)(F)F. The monoisotopic (exact) mass is 188 g/mol. The van der Waals surface area contributed by atoms with E-state index in [9.17, 15) is 17.6 Å². The highest BCUT2D eigenvalue weighted by Gasteiger charge is 2.32. The van der Waals surface area contributed by atoms with Crippen LogP contribution in [0.25, 0.3) is 0 Å². The molecule has 0 unspecified atom stereocenters. The molecule has 1 aromatic rings. The summed E-state index contributed by atoms with van der Waals surface area (Å²) in [6.45, 7) is 0. The third kappa shape index (κ3) is 2.23. The Hall–Kier alpha value is -0.995. The van der Waals surface area contributed by atoms with Gasteiger partial charge in [-0.3, -0.25) is 0 Å². The minimum atomic E-state index is -4.54. The fourth-order valence-electron chi connectivity index (χ4n) is 0.991. The van der Waals surface area contributed by atoms with Gasteiger partial charge in [0.2, 0.25) is 0 Å². The van der Waals surface area contributed by atoms with Crippen molar-refractivity contribution in [3.8, 4) is 0 Å². The van der Waals surface area contributed by atoms with Crippen LogP contribution in [0.3, 0.4) is 0 Å². The molecular weight excluding hydrogens is 183 g/mol. The van der Waals surface area contributed by atoms with Crippen LogP contribution in [0.4, 0.5) is 17.6 Å². The lowest BCUT2D eigenvalue weighted by Crippen LogP contribution is -2.09. The van der Waals surface area contributed by atoms with E-state index >= 15 is 0 Å². The van der Waals surface area contributed by atoms with Crippen LogP contribution in [-0.4, -0.2) is 7.85 Å². The van der Waals surface area contributed by atoms with Gasteiger partial charge in [0.1, 0.15) is 5.82 Å². The number of halogens is 4. The zero-order valence-electron chi connectivity index (χ0n) is 6.53. The van der Waals surface area contributed by atoms with Gasteiger partial charge in [0.25, 0.3) is 0 Å². The van der Waals surface area contributed by atoms with Crippen molar-refractivity contribution in [1.29, 1.82) is 0 Å². The van der Waals surface area contributed by atoms with Crippen molar-refractivity contribution in [2.24, 2.45) is 0 Å². The van der Waals surface area contributed by atoms with Gasteiger partial charge >= 0.3 is 6.18 Å². The zero-order chi connectivity index (χ0) is 10.1. The summed E-state index contributed by atoms with van der Waals surface area (Å²) in [6, 6.07) is 2.44. The van der Waals surface area contributed by atoms with Crippen LogP contribution in [0.5, 0.6) is 0 Å². The molecule has 0 heterocycles. The van der Waals surface area contributed by atoms with E-state index < -0.39 is 17.6 Å². The first-order valence-electron chi connectivity index (χ1n) is 3.51. The molecule has 0 saturated carbocycles. The van der Waals surface area contributed by atoms with Gasteiger partial charge in [0.05, 0.1) is 13.4 Å². The van der Waals surface area contributed by atoms with Gasteiger partial charge in [0.15, 0.2) is 0 Å². The molecule has 1 rings (SSSR count). The van der Waals surface area contributed by atoms with Crippen molar-refractivity contribution in [3.63, 3.8) is 0 Å². The van der Waals surface area contributed by atoms with Crippen molar-refractivity contribution in [1.82, 2.24) is 0 Å². The molecule has 0 atom stereocenters. The predicted molar refractivity (Wildman–Crippen MR) is 40.9 cm³/mol. The molecule has 0 aromatic heterocycles. The van der Waals surface area contributed by atoms with Crippen molar-refractivity contribution in [3.05, 3.63) is 35.1 Å². The van der Waals surface area contributed by atoms with E-state index in [0.717, 1.165) is 12.1 Å². The Balaban J connectivity index is 3.24. The Morgan fingerprint density at radius 3 is 2.31 bits per heavy atom. The van der Waals surface area contributed by atoms with Crippen LogP contribution >= 0.6 is 0 Å². The van der Waals surface area contributed by atoms with Gasteiger partial charge in [-0.2, -0.15) is 13.2 Å². The minimum absolute atomic E-state index is 0.103. The summed E-state index contributed by atoms with van der Waals surface area (Å²) < 4.78 is 49.1. The minimum Gasteiger partial charge on any atom is -0.207 e. The van der Waals surface area contributed by atoms with E-state index in [-0.39, 0.29) is 11.9 Å². The highest BCUT2D eigenvalue weighted by Crippen LogP contribution is 2.32. The number of benzene rings is 1. The fourth-order valence-corrected chi connectivity index (χ4v) is 0.991. The number of rotatable bonds is 1. The molecule has 13 heavy (non-hydrogen) atoms. The Kier molecular flexibility index (Phi) is 2.64. The molecular formula is C8H5BF4. The van der Waals surface area contributed by atoms with Gasteiger partial charge in [-0.15, -0.1) is 0 Å². The van der Waals surface area contributed by atoms with E-state index in [2.05, 4.69) is 0 Å². The topological polar surface area (TPSA) is 0 Å². The molecule has 0 amide bonds. The summed E-state index contributed by atoms with van der Waals surface area (Å²) in [5, 5.41) is 0.